The molecule has 1 aliphatic rings. The third kappa shape index (κ3) is 6.15. The molecule has 1 saturated carbocycles. The van der Waals surface area contributed by atoms with Crippen molar-refractivity contribution in [3.8, 4) is 5.75 Å². The number of amides is 1. The van der Waals surface area contributed by atoms with E-state index in [1.807, 2.05) is 24.3 Å². The molecule has 1 amide bonds. The van der Waals surface area contributed by atoms with E-state index in [-0.39, 0.29) is 16.8 Å². The van der Waals surface area contributed by atoms with Crippen LogP contribution in [0.25, 0.3) is 0 Å². The third-order valence-electron chi connectivity index (χ3n) is 6.62. The smallest absolute Gasteiger partial charge is 0.265 e. The topological polar surface area (TPSA) is 75.7 Å². The highest BCUT2D eigenvalue weighted by atomic mass is 32.2. The summed E-state index contributed by atoms with van der Waals surface area (Å²) in [7, 11) is -1.90. The molecule has 1 fully saturated rings. The predicted octanol–water partition coefficient (Wildman–Crippen LogP) is 5.56. The number of hydrogen-bond acceptors (Lipinski definition) is 4. The van der Waals surface area contributed by atoms with Crippen molar-refractivity contribution in [1.29, 1.82) is 0 Å². The van der Waals surface area contributed by atoms with Crippen LogP contribution in [0.2, 0.25) is 0 Å². The molecule has 0 saturated heterocycles. The van der Waals surface area contributed by atoms with Crippen LogP contribution in [0.1, 0.15) is 70.8 Å². The second kappa shape index (κ2) is 11.2. The molecule has 0 bridgehead atoms. The van der Waals surface area contributed by atoms with Crippen molar-refractivity contribution in [3.63, 3.8) is 0 Å². The molecule has 2 unspecified atom stereocenters. The van der Waals surface area contributed by atoms with Crippen LogP contribution >= 0.6 is 0 Å². The first-order valence-electron chi connectivity index (χ1n) is 11.9. The van der Waals surface area contributed by atoms with E-state index in [9.17, 15) is 13.2 Å². The number of carbonyl (C=O) groups excluding carboxylic acids is 1. The summed E-state index contributed by atoms with van der Waals surface area (Å²) in [6, 6.07) is 14.2. The van der Waals surface area contributed by atoms with E-state index in [1.54, 1.807) is 38.2 Å². The highest BCUT2D eigenvalue weighted by Crippen LogP contribution is 2.30. The number of benzene rings is 2. The molecule has 2 atom stereocenters. The highest BCUT2D eigenvalue weighted by molar-refractivity contribution is 7.89. The van der Waals surface area contributed by atoms with Crippen LogP contribution in [-0.4, -0.2) is 37.8 Å². The second-order valence-electron chi connectivity index (χ2n) is 8.93. The second-order valence-corrected chi connectivity index (χ2v) is 10.9. The maximum absolute atomic E-state index is 13.0. The quantitative estimate of drug-likeness (QED) is 0.518. The van der Waals surface area contributed by atoms with Gasteiger partial charge in [-0.15, -0.1) is 0 Å². The first kappa shape index (κ1) is 25.2. The number of rotatable bonds is 9. The van der Waals surface area contributed by atoms with Crippen molar-refractivity contribution in [1.82, 2.24) is 4.31 Å². The van der Waals surface area contributed by atoms with Crippen LogP contribution in [0.5, 0.6) is 5.75 Å². The van der Waals surface area contributed by atoms with E-state index in [1.165, 1.54) is 10.7 Å². The fourth-order valence-electron chi connectivity index (χ4n) is 4.22. The van der Waals surface area contributed by atoms with Crippen molar-refractivity contribution >= 4 is 21.6 Å². The summed E-state index contributed by atoms with van der Waals surface area (Å²) in [4.78, 5) is 12.9. The maximum Gasteiger partial charge on any atom is 0.265 e. The Morgan fingerprint density at radius 2 is 1.70 bits per heavy atom. The normalized spacial score (nSPS) is 16.9. The standard InChI is InChI=1S/C26H36N2O4S/c1-5-19(2)24-13-9-10-14-25(24)32-20(3)26(29)27-21-15-17-23(18-16-21)33(30,31)28(4)22-11-7-6-8-12-22/h9-10,13-20,22H,5-8,11-12H2,1-4H3,(H,27,29). The lowest BCUT2D eigenvalue weighted by Gasteiger charge is -2.30. The summed E-state index contributed by atoms with van der Waals surface area (Å²) in [5.41, 5.74) is 1.61. The molecule has 0 radical (unpaired) electrons. The lowest BCUT2D eigenvalue weighted by Crippen LogP contribution is -2.38. The number of hydrogen-bond donors (Lipinski definition) is 1. The van der Waals surface area contributed by atoms with Gasteiger partial charge in [0.1, 0.15) is 5.75 Å². The number of nitrogens with zero attached hydrogens (tertiary/aromatic N) is 1. The monoisotopic (exact) mass is 472 g/mol. The van der Waals surface area contributed by atoms with Gasteiger partial charge in [-0.1, -0.05) is 51.3 Å². The fraction of sp³-hybridized carbons (Fsp3) is 0.500. The van der Waals surface area contributed by atoms with Gasteiger partial charge in [-0.25, -0.2) is 8.42 Å². The van der Waals surface area contributed by atoms with Crippen LogP contribution in [0.15, 0.2) is 53.4 Å². The van der Waals surface area contributed by atoms with Crippen molar-refractivity contribution in [2.45, 2.75) is 82.3 Å². The first-order chi connectivity index (χ1) is 15.7. The lowest BCUT2D eigenvalue weighted by atomic mass is 9.96. The molecule has 0 spiro atoms. The zero-order chi connectivity index (χ0) is 24.0. The molecule has 2 aromatic carbocycles. The zero-order valence-corrected chi connectivity index (χ0v) is 20.9. The Morgan fingerprint density at radius 3 is 2.33 bits per heavy atom. The number of ether oxygens (including phenoxy) is 1. The largest absolute Gasteiger partial charge is 0.481 e. The van der Waals surface area contributed by atoms with E-state index >= 15 is 0 Å². The van der Waals surface area contributed by atoms with Gasteiger partial charge >= 0.3 is 0 Å². The van der Waals surface area contributed by atoms with E-state index in [0.29, 0.717) is 17.4 Å². The van der Waals surface area contributed by atoms with E-state index < -0.39 is 16.1 Å². The summed E-state index contributed by atoms with van der Waals surface area (Å²) in [5.74, 6) is 0.753. The molecule has 6 nitrogen and oxygen atoms in total. The minimum Gasteiger partial charge on any atom is -0.481 e. The molecule has 1 aliphatic carbocycles. The molecular formula is C26H36N2O4S. The van der Waals surface area contributed by atoms with Crippen LogP contribution in [-0.2, 0) is 14.8 Å². The number of anilines is 1. The van der Waals surface area contributed by atoms with Crippen molar-refractivity contribution in [3.05, 3.63) is 54.1 Å². The van der Waals surface area contributed by atoms with E-state index in [0.717, 1.165) is 37.7 Å². The Bertz CT molecular complexity index is 1030. The number of para-hydroxylation sites is 1. The molecule has 180 valence electrons. The Morgan fingerprint density at radius 1 is 1.06 bits per heavy atom. The molecule has 7 heteroatoms. The average molecular weight is 473 g/mol. The van der Waals surface area contributed by atoms with Gasteiger partial charge in [-0.3, -0.25) is 4.79 Å². The lowest BCUT2D eigenvalue weighted by molar-refractivity contribution is -0.122. The zero-order valence-electron chi connectivity index (χ0n) is 20.1. The summed E-state index contributed by atoms with van der Waals surface area (Å²) < 4.78 is 33.5. The Hall–Kier alpha value is -2.38. The Labute approximate surface area is 198 Å². The van der Waals surface area contributed by atoms with Crippen molar-refractivity contribution in [2.75, 3.05) is 12.4 Å². The van der Waals surface area contributed by atoms with Gasteiger partial charge in [-0.05, 0) is 68.0 Å². The van der Waals surface area contributed by atoms with Gasteiger partial charge in [0.25, 0.3) is 5.91 Å². The molecule has 0 aromatic heterocycles. The van der Waals surface area contributed by atoms with Crippen molar-refractivity contribution < 1.29 is 17.9 Å². The van der Waals surface area contributed by atoms with Gasteiger partial charge < -0.3 is 10.1 Å². The molecule has 1 N–H and O–H groups in total. The molecule has 3 rings (SSSR count). The molecule has 33 heavy (non-hydrogen) atoms. The Kier molecular flexibility index (Phi) is 8.54. The van der Waals surface area contributed by atoms with Crippen molar-refractivity contribution in [2.24, 2.45) is 0 Å². The van der Waals surface area contributed by atoms with Gasteiger partial charge in [-0.2, -0.15) is 4.31 Å². The number of nitrogens with one attached hydrogen (secondary N) is 1. The minimum atomic E-state index is -3.56. The SMILES string of the molecule is CCC(C)c1ccccc1OC(C)C(=O)Nc1ccc(S(=O)(=O)N(C)C2CCCCC2)cc1. The van der Waals surface area contributed by atoms with Crippen LogP contribution in [0, 0.1) is 0 Å². The summed E-state index contributed by atoms with van der Waals surface area (Å²) >= 11 is 0. The highest BCUT2D eigenvalue weighted by Gasteiger charge is 2.29. The molecule has 0 aliphatic heterocycles. The van der Waals surface area contributed by atoms with Gasteiger partial charge in [0.15, 0.2) is 6.10 Å². The van der Waals surface area contributed by atoms with Gasteiger partial charge in [0.05, 0.1) is 4.90 Å². The third-order valence-corrected chi connectivity index (χ3v) is 8.55. The summed E-state index contributed by atoms with van der Waals surface area (Å²) in [6.45, 7) is 5.96. The van der Waals surface area contributed by atoms with Crippen LogP contribution in [0.3, 0.4) is 0 Å². The predicted molar refractivity (Wildman–Crippen MR) is 132 cm³/mol. The Balaban J connectivity index is 1.64. The van der Waals surface area contributed by atoms with E-state index in [4.69, 9.17) is 4.74 Å². The average Bonchev–Trinajstić information content (AvgIpc) is 2.84. The van der Waals surface area contributed by atoms with Crippen LogP contribution in [0.4, 0.5) is 5.69 Å². The molecular weight excluding hydrogens is 436 g/mol. The summed E-state index contributed by atoms with van der Waals surface area (Å²) in [5, 5.41) is 2.82. The minimum absolute atomic E-state index is 0.0550. The van der Waals surface area contributed by atoms with Crippen LogP contribution < -0.4 is 10.1 Å². The number of carbonyl (C=O) groups is 1. The molecule has 2 aromatic rings. The first-order valence-corrected chi connectivity index (χ1v) is 13.3. The summed E-state index contributed by atoms with van der Waals surface area (Å²) in [6.07, 6.45) is 5.39. The number of sulfonamides is 1. The van der Waals surface area contributed by atoms with Gasteiger partial charge in [0, 0.05) is 18.8 Å². The van der Waals surface area contributed by atoms with E-state index in [2.05, 4.69) is 19.2 Å². The molecule has 0 heterocycles. The van der Waals surface area contributed by atoms with Gasteiger partial charge in [0.2, 0.25) is 10.0 Å². The maximum atomic E-state index is 13.0. The fourth-order valence-corrected chi connectivity index (χ4v) is 5.64.